The van der Waals surface area contributed by atoms with Crippen molar-refractivity contribution in [2.45, 2.75) is 31.7 Å². The van der Waals surface area contributed by atoms with Crippen LogP contribution in [-0.4, -0.2) is 32.6 Å². The van der Waals surface area contributed by atoms with Crippen molar-refractivity contribution in [1.82, 2.24) is 5.32 Å². The van der Waals surface area contributed by atoms with Crippen molar-refractivity contribution in [2.24, 2.45) is 0 Å². The van der Waals surface area contributed by atoms with E-state index in [0.29, 0.717) is 5.32 Å². The molecule has 0 fully saturated rings. The number of amides is 2. The molecular formula is C13H17NO3Se. The summed E-state index contributed by atoms with van der Waals surface area (Å²) in [6.45, 7) is 5.26. The molecule has 98 valence electrons. The molecule has 0 aromatic heterocycles. The average Bonchev–Trinajstić information content (AvgIpc) is 2.25. The molecule has 2 amide bonds. The van der Waals surface area contributed by atoms with Crippen molar-refractivity contribution in [3.05, 3.63) is 30.3 Å². The van der Waals surface area contributed by atoms with Gasteiger partial charge in [-0.3, -0.25) is 0 Å². The number of rotatable bonds is 3. The fraction of sp³-hybridized carbons (Fsp3) is 0.385. The molecule has 4 nitrogen and oxygen atoms in total. The summed E-state index contributed by atoms with van der Waals surface area (Å²) in [4.78, 5) is 22.8. The monoisotopic (exact) mass is 315 g/mol. The van der Waals surface area contributed by atoms with Crippen LogP contribution in [0.1, 0.15) is 20.8 Å². The van der Waals surface area contributed by atoms with Gasteiger partial charge in [-0.1, -0.05) is 0 Å². The topological polar surface area (TPSA) is 55.4 Å². The van der Waals surface area contributed by atoms with E-state index in [0.717, 1.165) is 4.46 Å². The molecule has 0 aliphatic heterocycles. The Hall–Kier alpha value is -1.32. The summed E-state index contributed by atoms with van der Waals surface area (Å²) < 4.78 is 6.13. The first-order valence-corrected chi connectivity index (χ1v) is 7.64. The molecule has 1 aromatic carbocycles. The molecule has 1 N–H and O–H groups in total. The van der Waals surface area contributed by atoms with Crippen LogP contribution in [0.3, 0.4) is 0 Å². The molecule has 0 aliphatic carbocycles. The number of ether oxygens (including phenoxy) is 1. The molecule has 0 heterocycles. The molecular weight excluding hydrogens is 297 g/mol. The molecule has 1 aromatic rings. The van der Waals surface area contributed by atoms with Crippen LogP contribution in [0.4, 0.5) is 4.79 Å². The van der Waals surface area contributed by atoms with Gasteiger partial charge in [-0.15, -0.1) is 0 Å². The van der Waals surface area contributed by atoms with Gasteiger partial charge in [0, 0.05) is 0 Å². The predicted octanol–water partition coefficient (Wildman–Crippen LogP) is 1.49. The van der Waals surface area contributed by atoms with Crippen LogP contribution in [0.15, 0.2) is 30.3 Å². The molecule has 5 heteroatoms. The van der Waals surface area contributed by atoms with Gasteiger partial charge in [0.05, 0.1) is 0 Å². The SMILES string of the molecule is CC(C)(C)OC(=O)NC(=O)C[Se]c1ccccc1. The Morgan fingerprint density at radius 3 is 2.39 bits per heavy atom. The summed E-state index contributed by atoms with van der Waals surface area (Å²) in [5.41, 5.74) is -0.588. The number of imide groups is 1. The minimum atomic E-state index is -0.684. The predicted molar refractivity (Wildman–Crippen MR) is 71.0 cm³/mol. The maximum absolute atomic E-state index is 11.5. The third-order valence-electron chi connectivity index (χ3n) is 1.75. The van der Waals surface area contributed by atoms with Crippen LogP contribution in [-0.2, 0) is 9.53 Å². The number of nitrogens with one attached hydrogen (secondary N) is 1. The molecule has 0 radical (unpaired) electrons. The molecule has 0 saturated carbocycles. The Balaban J connectivity index is 2.32. The minimum absolute atomic E-state index is 0.0351. The number of carbonyl (C=O) groups excluding carboxylic acids is 2. The average molecular weight is 314 g/mol. The normalized spacial score (nSPS) is 10.8. The van der Waals surface area contributed by atoms with Crippen LogP contribution in [0.25, 0.3) is 0 Å². The van der Waals surface area contributed by atoms with Crippen LogP contribution < -0.4 is 9.78 Å². The van der Waals surface area contributed by atoms with E-state index in [1.807, 2.05) is 30.3 Å². The van der Waals surface area contributed by atoms with E-state index in [9.17, 15) is 9.59 Å². The van der Waals surface area contributed by atoms with Crippen molar-refractivity contribution in [3.8, 4) is 0 Å². The van der Waals surface area contributed by atoms with Gasteiger partial charge in [0.15, 0.2) is 0 Å². The zero-order chi connectivity index (χ0) is 13.6. The zero-order valence-electron chi connectivity index (χ0n) is 10.7. The molecule has 0 spiro atoms. The number of alkyl carbamates (subject to hydrolysis) is 1. The molecule has 0 atom stereocenters. The van der Waals surface area contributed by atoms with E-state index in [1.54, 1.807) is 20.8 Å². The van der Waals surface area contributed by atoms with E-state index in [1.165, 1.54) is 0 Å². The quantitative estimate of drug-likeness (QED) is 0.860. The standard InChI is InChI=1S/C13H17NO3Se/c1-13(2,3)17-12(16)14-11(15)9-18-10-7-5-4-6-8-10/h4-8H,9H2,1-3H3,(H,14,15,16). The van der Waals surface area contributed by atoms with Crippen molar-refractivity contribution in [1.29, 1.82) is 0 Å². The summed E-state index contributed by atoms with van der Waals surface area (Å²) in [6, 6.07) is 9.74. The van der Waals surface area contributed by atoms with Crippen molar-refractivity contribution >= 4 is 31.4 Å². The summed E-state index contributed by atoms with van der Waals surface area (Å²) in [5, 5.41) is 2.55. The fourth-order valence-electron chi connectivity index (χ4n) is 1.12. The van der Waals surface area contributed by atoms with Crippen molar-refractivity contribution in [2.75, 3.05) is 0 Å². The van der Waals surface area contributed by atoms with E-state index in [2.05, 4.69) is 5.32 Å². The Kier molecular flexibility index (Phi) is 5.38. The fourth-order valence-corrected chi connectivity index (χ4v) is 2.63. The summed E-state index contributed by atoms with van der Waals surface area (Å²) in [5.74, 6) is -0.298. The van der Waals surface area contributed by atoms with E-state index in [-0.39, 0.29) is 20.9 Å². The second-order valence-corrected chi connectivity index (χ2v) is 6.85. The molecule has 0 aliphatic rings. The first kappa shape index (κ1) is 14.7. The van der Waals surface area contributed by atoms with Crippen LogP contribution in [0, 0.1) is 0 Å². The van der Waals surface area contributed by atoms with Gasteiger partial charge in [0.1, 0.15) is 0 Å². The third-order valence-corrected chi connectivity index (χ3v) is 3.88. The van der Waals surface area contributed by atoms with Crippen molar-refractivity contribution < 1.29 is 14.3 Å². The molecule has 18 heavy (non-hydrogen) atoms. The number of hydrogen-bond donors (Lipinski definition) is 1. The van der Waals surface area contributed by atoms with Gasteiger partial charge in [0.25, 0.3) is 0 Å². The summed E-state index contributed by atoms with van der Waals surface area (Å²) >= 11 is 0.0351. The molecule has 0 unspecified atom stereocenters. The number of hydrogen-bond acceptors (Lipinski definition) is 3. The first-order chi connectivity index (χ1) is 8.37. The van der Waals surface area contributed by atoms with Crippen LogP contribution in [0.2, 0.25) is 5.32 Å². The maximum atomic E-state index is 11.5. The summed E-state index contributed by atoms with van der Waals surface area (Å²) in [7, 11) is 0. The van der Waals surface area contributed by atoms with Crippen LogP contribution >= 0.6 is 0 Å². The van der Waals surface area contributed by atoms with Gasteiger partial charge < -0.3 is 0 Å². The van der Waals surface area contributed by atoms with E-state index >= 15 is 0 Å². The molecule has 0 saturated heterocycles. The second-order valence-electron chi connectivity index (χ2n) is 4.65. The number of benzene rings is 1. The first-order valence-electron chi connectivity index (χ1n) is 5.57. The Morgan fingerprint density at radius 1 is 1.22 bits per heavy atom. The molecule has 0 bridgehead atoms. The van der Waals surface area contributed by atoms with Gasteiger partial charge >= 0.3 is 113 Å². The third kappa shape index (κ3) is 6.42. The Labute approximate surface area is 113 Å². The Bertz CT molecular complexity index is 412. The molecule has 1 rings (SSSR count). The van der Waals surface area contributed by atoms with Gasteiger partial charge in [-0.05, 0) is 0 Å². The summed E-state index contributed by atoms with van der Waals surface area (Å²) in [6.07, 6.45) is -0.684. The van der Waals surface area contributed by atoms with E-state index < -0.39 is 11.7 Å². The van der Waals surface area contributed by atoms with Gasteiger partial charge in [-0.25, -0.2) is 0 Å². The Morgan fingerprint density at radius 2 is 1.83 bits per heavy atom. The van der Waals surface area contributed by atoms with E-state index in [4.69, 9.17) is 4.74 Å². The van der Waals surface area contributed by atoms with Gasteiger partial charge in [0.2, 0.25) is 0 Å². The number of carbonyl (C=O) groups is 2. The van der Waals surface area contributed by atoms with Crippen molar-refractivity contribution in [3.63, 3.8) is 0 Å². The second kappa shape index (κ2) is 6.57. The van der Waals surface area contributed by atoms with Crippen LogP contribution in [0.5, 0.6) is 0 Å². The van der Waals surface area contributed by atoms with Gasteiger partial charge in [-0.2, -0.15) is 0 Å². The zero-order valence-corrected chi connectivity index (χ0v) is 12.4.